The molecule has 0 aromatic heterocycles. The number of halogens is 2. The predicted molar refractivity (Wildman–Crippen MR) is 46.5 cm³/mol. The van der Waals surface area contributed by atoms with Gasteiger partial charge in [0.15, 0.2) is 11.6 Å². The number of benzene rings is 1. The minimum absolute atomic E-state index is 0.218. The maximum Gasteiger partial charge on any atom is 0.165 e. The number of hydrogen-bond donors (Lipinski definition) is 1. The maximum absolute atomic E-state index is 13.0. The average molecular weight is 232 g/mol. The standard InChI is InChI=1S/C8H7BrFNO/c9-4-1-2-5(10)8-7(4)6(11)3-12-8/h1-2,6H,3,11H2/t6-/m0/s1. The van der Waals surface area contributed by atoms with E-state index in [-0.39, 0.29) is 17.6 Å². The summed E-state index contributed by atoms with van der Waals surface area (Å²) in [5.41, 5.74) is 6.43. The van der Waals surface area contributed by atoms with Crippen molar-refractivity contribution in [2.75, 3.05) is 6.61 Å². The third-order valence-corrected chi connectivity index (χ3v) is 2.56. The Bertz CT molecular complexity index is 329. The van der Waals surface area contributed by atoms with Crippen molar-refractivity contribution in [1.82, 2.24) is 0 Å². The summed E-state index contributed by atoms with van der Waals surface area (Å²) in [6, 6.07) is 2.79. The summed E-state index contributed by atoms with van der Waals surface area (Å²) in [5, 5.41) is 0. The summed E-state index contributed by atoms with van der Waals surface area (Å²) in [4.78, 5) is 0. The van der Waals surface area contributed by atoms with E-state index in [1.807, 2.05) is 0 Å². The molecule has 0 radical (unpaired) electrons. The molecule has 1 aliphatic heterocycles. The molecule has 12 heavy (non-hydrogen) atoms. The second-order valence-corrected chi connectivity index (χ2v) is 3.54. The topological polar surface area (TPSA) is 35.2 Å². The van der Waals surface area contributed by atoms with Gasteiger partial charge in [0.1, 0.15) is 6.61 Å². The van der Waals surface area contributed by atoms with Gasteiger partial charge in [-0.2, -0.15) is 0 Å². The smallest absolute Gasteiger partial charge is 0.165 e. The monoisotopic (exact) mass is 231 g/mol. The number of hydrogen-bond acceptors (Lipinski definition) is 2. The van der Waals surface area contributed by atoms with Gasteiger partial charge in [0.2, 0.25) is 0 Å². The zero-order valence-corrected chi connectivity index (χ0v) is 7.77. The van der Waals surface area contributed by atoms with Crippen LogP contribution in [0.5, 0.6) is 5.75 Å². The maximum atomic E-state index is 13.0. The van der Waals surface area contributed by atoms with Crippen LogP contribution in [0.2, 0.25) is 0 Å². The lowest BCUT2D eigenvalue weighted by atomic mass is 10.1. The van der Waals surface area contributed by atoms with E-state index in [0.29, 0.717) is 6.61 Å². The predicted octanol–water partition coefficient (Wildman–Crippen LogP) is 1.98. The summed E-state index contributed by atoms with van der Waals surface area (Å²) < 4.78 is 18.9. The van der Waals surface area contributed by atoms with Crippen LogP contribution in [-0.4, -0.2) is 6.61 Å². The van der Waals surface area contributed by atoms with E-state index >= 15 is 0 Å². The van der Waals surface area contributed by atoms with Crippen LogP contribution in [0.25, 0.3) is 0 Å². The van der Waals surface area contributed by atoms with Crippen molar-refractivity contribution in [3.05, 3.63) is 28.0 Å². The van der Waals surface area contributed by atoms with Gasteiger partial charge in [0.05, 0.1) is 6.04 Å². The molecule has 0 saturated carbocycles. The van der Waals surface area contributed by atoms with Gasteiger partial charge in [0, 0.05) is 10.0 Å². The molecule has 0 unspecified atom stereocenters. The molecule has 0 saturated heterocycles. The Morgan fingerprint density at radius 3 is 3.00 bits per heavy atom. The minimum Gasteiger partial charge on any atom is -0.488 e. The quantitative estimate of drug-likeness (QED) is 0.742. The van der Waals surface area contributed by atoms with E-state index in [0.717, 1.165) is 10.0 Å². The second-order valence-electron chi connectivity index (χ2n) is 2.69. The minimum atomic E-state index is -0.346. The van der Waals surface area contributed by atoms with Crippen molar-refractivity contribution < 1.29 is 9.13 Å². The molecular weight excluding hydrogens is 225 g/mol. The molecule has 64 valence electrons. The summed E-state index contributed by atoms with van der Waals surface area (Å²) in [5.74, 6) is -0.0574. The van der Waals surface area contributed by atoms with Crippen LogP contribution in [0.3, 0.4) is 0 Å². The molecule has 4 heteroatoms. The molecule has 1 aromatic carbocycles. The Labute approximate surface area is 77.6 Å². The Kier molecular flexibility index (Phi) is 1.81. The van der Waals surface area contributed by atoms with Crippen LogP contribution in [0.4, 0.5) is 4.39 Å². The first kappa shape index (κ1) is 8.01. The van der Waals surface area contributed by atoms with E-state index in [1.54, 1.807) is 6.07 Å². The second kappa shape index (κ2) is 2.71. The molecule has 2 nitrogen and oxygen atoms in total. The molecule has 2 rings (SSSR count). The van der Waals surface area contributed by atoms with Gasteiger partial charge < -0.3 is 10.5 Å². The molecular formula is C8H7BrFNO. The van der Waals surface area contributed by atoms with Crippen molar-refractivity contribution in [2.45, 2.75) is 6.04 Å². The zero-order valence-electron chi connectivity index (χ0n) is 6.18. The molecule has 0 amide bonds. The number of rotatable bonds is 0. The van der Waals surface area contributed by atoms with Crippen molar-refractivity contribution in [2.24, 2.45) is 5.73 Å². The first-order valence-electron chi connectivity index (χ1n) is 3.56. The third kappa shape index (κ3) is 1.03. The van der Waals surface area contributed by atoms with E-state index < -0.39 is 0 Å². The SMILES string of the molecule is N[C@H]1COc2c(F)ccc(Br)c21. The van der Waals surface area contributed by atoms with Crippen molar-refractivity contribution in [3.8, 4) is 5.75 Å². The molecule has 1 heterocycles. The number of ether oxygens (including phenoxy) is 1. The van der Waals surface area contributed by atoms with Crippen molar-refractivity contribution >= 4 is 15.9 Å². The van der Waals surface area contributed by atoms with Crippen LogP contribution >= 0.6 is 15.9 Å². The Morgan fingerprint density at radius 1 is 1.58 bits per heavy atom. The van der Waals surface area contributed by atoms with Gasteiger partial charge in [-0.1, -0.05) is 15.9 Å². The Balaban J connectivity index is 2.64. The van der Waals surface area contributed by atoms with Crippen LogP contribution in [0, 0.1) is 5.82 Å². The summed E-state index contributed by atoms with van der Waals surface area (Å²) in [7, 11) is 0. The summed E-state index contributed by atoms with van der Waals surface area (Å²) in [6.07, 6.45) is 0. The Morgan fingerprint density at radius 2 is 2.33 bits per heavy atom. The fourth-order valence-corrected chi connectivity index (χ4v) is 1.90. The molecule has 1 atom stereocenters. The van der Waals surface area contributed by atoms with Gasteiger partial charge in [-0.25, -0.2) is 4.39 Å². The highest BCUT2D eigenvalue weighted by Crippen LogP contribution is 2.38. The van der Waals surface area contributed by atoms with E-state index in [1.165, 1.54) is 6.07 Å². The van der Waals surface area contributed by atoms with Gasteiger partial charge in [-0.05, 0) is 12.1 Å². The van der Waals surface area contributed by atoms with Crippen LogP contribution in [-0.2, 0) is 0 Å². The molecule has 0 fully saturated rings. The molecule has 0 spiro atoms. The van der Waals surface area contributed by atoms with E-state index in [4.69, 9.17) is 10.5 Å². The van der Waals surface area contributed by atoms with Crippen molar-refractivity contribution in [3.63, 3.8) is 0 Å². The van der Waals surface area contributed by atoms with Crippen LogP contribution in [0.15, 0.2) is 16.6 Å². The average Bonchev–Trinajstić information content (AvgIpc) is 2.42. The highest BCUT2D eigenvalue weighted by molar-refractivity contribution is 9.10. The fourth-order valence-electron chi connectivity index (χ4n) is 1.30. The van der Waals surface area contributed by atoms with Gasteiger partial charge in [-0.3, -0.25) is 0 Å². The molecule has 0 bridgehead atoms. The van der Waals surface area contributed by atoms with Gasteiger partial charge in [0.25, 0.3) is 0 Å². The lowest BCUT2D eigenvalue weighted by Gasteiger charge is -2.03. The lowest BCUT2D eigenvalue weighted by Crippen LogP contribution is -2.11. The van der Waals surface area contributed by atoms with Gasteiger partial charge >= 0.3 is 0 Å². The lowest BCUT2D eigenvalue weighted by molar-refractivity contribution is 0.319. The highest BCUT2D eigenvalue weighted by atomic mass is 79.9. The van der Waals surface area contributed by atoms with E-state index in [9.17, 15) is 4.39 Å². The summed E-state index contributed by atoms with van der Waals surface area (Å²) in [6.45, 7) is 0.356. The Hall–Kier alpha value is -0.610. The van der Waals surface area contributed by atoms with Crippen LogP contribution in [0.1, 0.15) is 11.6 Å². The largest absolute Gasteiger partial charge is 0.488 e. The zero-order chi connectivity index (χ0) is 8.72. The normalized spacial score (nSPS) is 20.4. The van der Waals surface area contributed by atoms with Crippen molar-refractivity contribution in [1.29, 1.82) is 0 Å². The molecule has 2 N–H and O–H groups in total. The first-order valence-corrected chi connectivity index (χ1v) is 4.35. The summed E-state index contributed by atoms with van der Waals surface area (Å²) >= 11 is 3.30. The highest BCUT2D eigenvalue weighted by Gasteiger charge is 2.26. The number of fused-ring (bicyclic) bond motifs is 1. The third-order valence-electron chi connectivity index (χ3n) is 1.87. The first-order chi connectivity index (χ1) is 5.70. The molecule has 1 aliphatic rings. The fraction of sp³-hybridized carbons (Fsp3) is 0.250. The molecule has 0 aliphatic carbocycles. The number of nitrogens with two attached hydrogens (primary N) is 1. The van der Waals surface area contributed by atoms with Crippen LogP contribution < -0.4 is 10.5 Å². The van der Waals surface area contributed by atoms with Gasteiger partial charge in [-0.15, -0.1) is 0 Å². The molecule has 1 aromatic rings. The van der Waals surface area contributed by atoms with E-state index in [2.05, 4.69) is 15.9 Å².